The van der Waals surface area contributed by atoms with Crippen LogP contribution in [0.15, 0.2) is 41.1 Å². The standard InChI is InChI=1S/C15H19N3OS/c1-10(16)12-3-5-14(6-4-12)18-15(19)17-11(2)13-7-8-20-9-13/h3-11H,16H2,1-2H3,(H2,17,18,19). The molecule has 1 aromatic heterocycles. The van der Waals surface area contributed by atoms with Crippen LogP contribution in [0.4, 0.5) is 10.5 Å². The zero-order valence-corrected chi connectivity index (χ0v) is 12.4. The molecule has 0 aliphatic heterocycles. The second-order valence-electron chi connectivity index (χ2n) is 4.79. The molecule has 1 heterocycles. The summed E-state index contributed by atoms with van der Waals surface area (Å²) in [5.41, 5.74) is 8.69. The van der Waals surface area contributed by atoms with E-state index in [0.717, 1.165) is 16.8 Å². The molecule has 1 aromatic carbocycles. The SMILES string of the molecule is CC(N)c1ccc(NC(=O)NC(C)c2ccsc2)cc1. The Bertz CT molecular complexity index is 549. The Hall–Kier alpha value is -1.85. The minimum atomic E-state index is -0.211. The summed E-state index contributed by atoms with van der Waals surface area (Å²) in [5, 5.41) is 9.74. The first-order valence-electron chi connectivity index (χ1n) is 6.51. The maximum Gasteiger partial charge on any atom is 0.319 e. The van der Waals surface area contributed by atoms with Gasteiger partial charge in [0.2, 0.25) is 0 Å². The van der Waals surface area contributed by atoms with Crippen LogP contribution >= 0.6 is 11.3 Å². The quantitative estimate of drug-likeness (QED) is 0.804. The van der Waals surface area contributed by atoms with Crippen LogP contribution in [0, 0.1) is 0 Å². The molecule has 2 amide bonds. The molecular formula is C15H19N3OS. The Balaban J connectivity index is 1.91. The van der Waals surface area contributed by atoms with Crippen LogP contribution in [0.1, 0.15) is 37.1 Å². The largest absolute Gasteiger partial charge is 0.331 e. The number of carbonyl (C=O) groups is 1. The molecule has 0 aliphatic rings. The first kappa shape index (κ1) is 14.6. The lowest BCUT2D eigenvalue weighted by atomic mass is 10.1. The van der Waals surface area contributed by atoms with Gasteiger partial charge >= 0.3 is 6.03 Å². The molecule has 2 rings (SSSR count). The number of anilines is 1. The summed E-state index contributed by atoms with van der Waals surface area (Å²) in [6, 6.07) is 9.33. The fraction of sp³-hybridized carbons (Fsp3) is 0.267. The molecule has 2 aromatic rings. The summed E-state index contributed by atoms with van der Waals surface area (Å²) in [5.74, 6) is 0. The van der Waals surface area contributed by atoms with E-state index in [0.29, 0.717) is 0 Å². The number of thiophene rings is 1. The van der Waals surface area contributed by atoms with Crippen LogP contribution in [0.2, 0.25) is 0 Å². The number of carbonyl (C=O) groups excluding carboxylic acids is 1. The van der Waals surface area contributed by atoms with Gasteiger partial charge in [-0.2, -0.15) is 11.3 Å². The number of hydrogen-bond donors (Lipinski definition) is 3. The molecule has 2 atom stereocenters. The molecule has 2 unspecified atom stereocenters. The summed E-state index contributed by atoms with van der Waals surface area (Å²) >= 11 is 1.62. The van der Waals surface area contributed by atoms with E-state index < -0.39 is 0 Å². The smallest absolute Gasteiger partial charge is 0.319 e. The monoisotopic (exact) mass is 289 g/mol. The Morgan fingerprint density at radius 3 is 2.40 bits per heavy atom. The second kappa shape index (κ2) is 6.54. The highest BCUT2D eigenvalue weighted by atomic mass is 32.1. The lowest BCUT2D eigenvalue weighted by molar-refractivity contribution is 0.249. The molecule has 5 heteroatoms. The Labute approximate surface area is 123 Å². The van der Waals surface area contributed by atoms with Crippen molar-refractivity contribution in [2.75, 3.05) is 5.32 Å². The van der Waals surface area contributed by atoms with E-state index in [1.165, 1.54) is 0 Å². The van der Waals surface area contributed by atoms with Crippen molar-refractivity contribution in [1.82, 2.24) is 5.32 Å². The molecule has 0 radical (unpaired) electrons. The average molecular weight is 289 g/mol. The summed E-state index contributed by atoms with van der Waals surface area (Å²) in [7, 11) is 0. The predicted molar refractivity (Wildman–Crippen MR) is 83.9 cm³/mol. The van der Waals surface area contributed by atoms with E-state index in [1.807, 2.05) is 54.9 Å². The van der Waals surface area contributed by atoms with Gasteiger partial charge in [0.25, 0.3) is 0 Å². The third-order valence-corrected chi connectivity index (χ3v) is 3.79. The lowest BCUT2D eigenvalue weighted by Crippen LogP contribution is -2.30. The molecule has 20 heavy (non-hydrogen) atoms. The van der Waals surface area contributed by atoms with Crippen molar-refractivity contribution in [1.29, 1.82) is 0 Å². The van der Waals surface area contributed by atoms with Crippen molar-refractivity contribution in [3.05, 3.63) is 52.2 Å². The van der Waals surface area contributed by atoms with Gasteiger partial charge in [-0.3, -0.25) is 0 Å². The molecule has 0 bridgehead atoms. The summed E-state index contributed by atoms with van der Waals surface area (Å²) in [6.45, 7) is 3.89. The average Bonchev–Trinajstić information content (AvgIpc) is 2.93. The Kier molecular flexibility index (Phi) is 4.76. The van der Waals surface area contributed by atoms with E-state index >= 15 is 0 Å². The number of urea groups is 1. The van der Waals surface area contributed by atoms with E-state index in [-0.39, 0.29) is 18.1 Å². The number of rotatable bonds is 4. The van der Waals surface area contributed by atoms with Crippen LogP contribution in [-0.2, 0) is 0 Å². The van der Waals surface area contributed by atoms with Crippen molar-refractivity contribution in [2.45, 2.75) is 25.9 Å². The van der Waals surface area contributed by atoms with Crippen LogP contribution in [0.5, 0.6) is 0 Å². The first-order chi connectivity index (χ1) is 9.56. The Morgan fingerprint density at radius 1 is 1.15 bits per heavy atom. The molecule has 0 saturated carbocycles. The zero-order valence-electron chi connectivity index (χ0n) is 11.6. The molecule has 0 saturated heterocycles. The summed E-state index contributed by atoms with van der Waals surface area (Å²) in [6.07, 6.45) is 0. The van der Waals surface area contributed by atoms with Gasteiger partial charge in [-0.25, -0.2) is 4.79 Å². The second-order valence-corrected chi connectivity index (χ2v) is 5.57. The fourth-order valence-electron chi connectivity index (χ4n) is 1.84. The molecule has 0 fully saturated rings. The molecule has 106 valence electrons. The van der Waals surface area contributed by atoms with E-state index in [4.69, 9.17) is 5.73 Å². The van der Waals surface area contributed by atoms with Crippen molar-refractivity contribution in [3.63, 3.8) is 0 Å². The van der Waals surface area contributed by atoms with Gasteiger partial charge < -0.3 is 16.4 Å². The predicted octanol–water partition coefficient (Wildman–Crippen LogP) is 3.65. The summed E-state index contributed by atoms with van der Waals surface area (Å²) < 4.78 is 0. The third-order valence-electron chi connectivity index (χ3n) is 3.09. The number of nitrogens with one attached hydrogen (secondary N) is 2. The normalized spacial score (nSPS) is 13.6. The maximum absolute atomic E-state index is 11.9. The van der Waals surface area contributed by atoms with Crippen LogP contribution in [0.3, 0.4) is 0 Å². The molecular weight excluding hydrogens is 270 g/mol. The third kappa shape index (κ3) is 3.82. The topological polar surface area (TPSA) is 67.1 Å². The van der Waals surface area contributed by atoms with Crippen molar-refractivity contribution in [3.8, 4) is 0 Å². The van der Waals surface area contributed by atoms with Gasteiger partial charge in [0.05, 0.1) is 6.04 Å². The highest BCUT2D eigenvalue weighted by molar-refractivity contribution is 7.07. The Morgan fingerprint density at radius 2 is 1.85 bits per heavy atom. The van der Waals surface area contributed by atoms with Crippen molar-refractivity contribution >= 4 is 23.1 Å². The van der Waals surface area contributed by atoms with Crippen LogP contribution in [-0.4, -0.2) is 6.03 Å². The minimum absolute atomic E-state index is 0.00325. The van der Waals surface area contributed by atoms with Crippen molar-refractivity contribution in [2.24, 2.45) is 5.73 Å². The fourth-order valence-corrected chi connectivity index (χ4v) is 2.59. The van der Waals surface area contributed by atoms with Gasteiger partial charge in [-0.15, -0.1) is 0 Å². The van der Waals surface area contributed by atoms with Gasteiger partial charge in [-0.05, 0) is 53.9 Å². The highest BCUT2D eigenvalue weighted by Crippen LogP contribution is 2.17. The van der Waals surface area contributed by atoms with E-state index in [1.54, 1.807) is 11.3 Å². The number of benzene rings is 1. The van der Waals surface area contributed by atoms with Gasteiger partial charge in [0, 0.05) is 11.7 Å². The minimum Gasteiger partial charge on any atom is -0.331 e. The molecule has 0 aliphatic carbocycles. The van der Waals surface area contributed by atoms with Crippen molar-refractivity contribution < 1.29 is 4.79 Å². The first-order valence-corrected chi connectivity index (χ1v) is 7.45. The van der Waals surface area contributed by atoms with Crippen LogP contribution in [0.25, 0.3) is 0 Å². The van der Waals surface area contributed by atoms with Gasteiger partial charge in [0.15, 0.2) is 0 Å². The molecule has 4 N–H and O–H groups in total. The van der Waals surface area contributed by atoms with Gasteiger partial charge in [0.1, 0.15) is 0 Å². The van der Waals surface area contributed by atoms with E-state index in [2.05, 4.69) is 10.6 Å². The van der Waals surface area contributed by atoms with Gasteiger partial charge in [-0.1, -0.05) is 12.1 Å². The summed E-state index contributed by atoms with van der Waals surface area (Å²) in [4.78, 5) is 11.9. The zero-order chi connectivity index (χ0) is 14.5. The highest BCUT2D eigenvalue weighted by Gasteiger charge is 2.09. The number of hydrogen-bond acceptors (Lipinski definition) is 3. The molecule has 0 spiro atoms. The van der Waals surface area contributed by atoms with E-state index in [9.17, 15) is 4.79 Å². The molecule has 4 nitrogen and oxygen atoms in total. The number of amides is 2. The maximum atomic E-state index is 11.9. The lowest BCUT2D eigenvalue weighted by Gasteiger charge is -2.14. The number of nitrogens with two attached hydrogens (primary N) is 1. The van der Waals surface area contributed by atoms with Crippen LogP contribution < -0.4 is 16.4 Å².